The maximum atomic E-state index is 12.6. The molecule has 2 N–H and O–H groups in total. The Morgan fingerprint density at radius 3 is 2.55 bits per heavy atom. The minimum Gasteiger partial charge on any atom is -0.437 e. The molecule has 0 spiro atoms. The molecule has 0 radical (unpaired) electrons. The Morgan fingerprint density at radius 2 is 1.95 bits per heavy atom. The molecule has 0 amide bonds. The van der Waals surface area contributed by atoms with Gasteiger partial charge in [0.05, 0.1) is 10.6 Å². The molecule has 0 saturated carbocycles. The minimum absolute atomic E-state index is 0.178. The van der Waals surface area contributed by atoms with Gasteiger partial charge in [0, 0.05) is 18.8 Å². The zero-order valence-corrected chi connectivity index (χ0v) is 10.9. The number of benzene rings is 1. The number of alkyl halides is 3. The van der Waals surface area contributed by atoms with Crippen LogP contribution in [0.25, 0.3) is 0 Å². The second-order valence-electron chi connectivity index (χ2n) is 3.95. The van der Waals surface area contributed by atoms with Gasteiger partial charge in [-0.3, -0.25) is 0 Å². The van der Waals surface area contributed by atoms with Crippen LogP contribution in [0.5, 0.6) is 11.6 Å². The zero-order chi connectivity index (χ0) is 14.8. The number of rotatable bonds is 3. The second kappa shape index (κ2) is 5.68. The molecule has 20 heavy (non-hydrogen) atoms. The molecule has 1 aromatic carbocycles. The van der Waals surface area contributed by atoms with E-state index >= 15 is 0 Å². The van der Waals surface area contributed by atoms with Crippen molar-refractivity contribution < 1.29 is 17.9 Å². The molecule has 0 unspecified atom stereocenters. The average Bonchev–Trinajstić information content (AvgIpc) is 2.40. The Bertz CT molecular complexity index is 617. The van der Waals surface area contributed by atoms with Crippen LogP contribution in [0.3, 0.4) is 0 Å². The van der Waals surface area contributed by atoms with Gasteiger partial charge in [0.25, 0.3) is 0 Å². The van der Waals surface area contributed by atoms with Crippen LogP contribution in [0, 0.1) is 0 Å². The summed E-state index contributed by atoms with van der Waals surface area (Å²) >= 11 is 5.96. The van der Waals surface area contributed by atoms with E-state index in [1.807, 2.05) is 0 Å². The molecule has 0 fully saturated rings. The Balaban J connectivity index is 2.26. The molecule has 3 nitrogen and oxygen atoms in total. The predicted octanol–water partition coefficient (Wildman–Crippen LogP) is 4.00. The lowest BCUT2D eigenvalue weighted by Gasteiger charge is -2.10. The molecule has 0 saturated heterocycles. The van der Waals surface area contributed by atoms with Gasteiger partial charge in [-0.2, -0.15) is 13.2 Å². The summed E-state index contributed by atoms with van der Waals surface area (Å²) in [6, 6.07) is 6.48. The van der Waals surface area contributed by atoms with Gasteiger partial charge < -0.3 is 10.5 Å². The largest absolute Gasteiger partial charge is 0.437 e. The van der Waals surface area contributed by atoms with Crippen molar-refractivity contribution in [2.24, 2.45) is 5.73 Å². The number of hydrogen-bond donors (Lipinski definition) is 1. The maximum Gasteiger partial charge on any atom is 0.416 e. The number of nitrogens with two attached hydrogens (primary N) is 1. The lowest BCUT2D eigenvalue weighted by atomic mass is 10.2. The number of nitrogens with zero attached hydrogens (tertiary/aromatic N) is 1. The van der Waals surface area contributed by atoms with Gasteiger partial charge in [-0.05, 0) is 23.8 Å². The van der Waals surface area contributed by atoms with Crippen LogP contribution in [0.4, 0.5) is 13.2 Å². The summed E-state index contributed by atoms with van der Waals surface area (Å²) in [7, 11) is 0. The van der Waals surface area contributed by atoms with Crippen molar-refractivity contribution in [2.75, 3.05) is 0 Å². The molecular weight excluding hydrogens is 293 g/mol. The Hall–Kier alpha value is -1.79. The number of ether oxygens (including phenoxy) is 1. The van der Waals surface area contributed by atoms with Crippen molar-refractivity contribution in [2.45, 2.75) is 12.7 Å². The van der Waals surface area contributed by atoms with Crippen molar-refractivity contribution >= 4 is 11.6 Å². The smallest absolute Gasteiger partial charge is 0.416 e. The molecule has 2 rings (SSSR count). The van der Waals surface area contributed by atoms with E-state index in [1.165, 1.54) is 6.07 Å². The van der Waals surface area contributed by atoms with E-state index in [1.54, 1.807) is 12.1 Å². The van der Waals surface area contributed by atoms with Crippen LogP contribution in [-0.2, 0) is 12.7 Å². The lowest BCUT2D eigenvalue weighted by Crippen LogP contribution is -2.05. The molecule has 1 aromatic heterocycles. The number of aromatic nitrogens is 1. The molecular formula is C13H10ClF3N2O. The van der Waals surface area contributed by atoms with Crippen LogP contribution in [0.15, 0.2) is 36.5 Å². The third kappa shape index (κ3) is 3.40. The van der Waals surface area contributed by atoms with Gasteiger partial charge in [0.2, 0.25) is 5.88 Å². The fourth-order valence-corrected chi connectivity index (χ4v) is 1.75. The first-order valence-electron chi connectivity index (χ1n) is 5.60. The minimum atomic E-state index is -4.45. The summed E-state index contributed by atoms with van der Waals surface area (Å²) in [5, 5.41) is 0.257. The van der Waals surface area contributed by atoms with Crippen molar-refractivity contribution in [3.05, 3.63) is 52.7 Å². The summed E-state index contributed by atoms with van der Waals surface area (Å²) in [5.74, 6) is 0.0397. The van der Waals surface area contributed by atoms with E-state index in [0.29, 0.717) is 6.54 Å². The van der Waals surface area contributed by atoms with Crippen LogP contribution in [0.1, 0.15) is 11.1 Å². The standard InChI is InChI=1S/C13H10ClF3N2O/c14-10-5-8(7-18)1-2-11(10)20-12-6-9(3-4-19-12)13(15,16)17/h1-6H,7,18H2. The van der Waals surface area contributed by atoms with Crippen LogP contribution < -0.4 is 10.5 Å². The third-order valence-electron chi connectivity index (χ3n) is 2.51. The molecule has 1 heterocycles. The van der Waals surface area contributed by atoms with Crippen LogP contribution in [-0.4, -0.2) is 4.98 Å². The summed E-state index contributed by atoms with van der Waals surface area (Å²) < 4.78 is 42.9. The van der Waals surface area contributed by atoms with Crippen molar-refractivity contribution in [3.8, 4) is 11.6 Å². The first-order chi connectivity index (χ1) is 9.40. The molecule has 0 aliphatic heterocycles. The van der Waals surface area contributed by atoms with Crippen molar-refractivity contribution in [3.63, 3.8) is 0 Å². The highest BCUT2D eigenvalue weighted by molar-refractivity contribution is 6.32. The zero-order valence-electron chi connectivity index (χ0n) is 10.1. The van der Waals surface area contributed by atoms with Gasteiger partial charge in [0.1, 0.15) is 5.75 Å². The highest BCUT2D eigenvalue weighted by atomic mass is 35.5. The summed E-state index contributed by atoms with van der Waals surface area (Å²) in [6.45, 7) is 0.307. The molecule has 0 atom stereocenters. The van der Waals surface area contributed by atoms with E-state index in [9.17, 15) is 13.2 Å². The summed E-state index contributed by atoms with van der Waals surface area (Å²) in [6.07, 6.45) is -3.42. The molecule has 0 aliphatic rings. The molecule has 0 bridgehead atoms. The van der Waals surface area contributed by atoms with Crippen molar-refractivity contribution in [1.29, 1.82) is 0 Å². The van der Waals surface area contributed by atoms with E-state index in [-0.39, 0.29) is 16.7 Å². The second-order valence-corrected chi connectivity index (χ2v) is 4.36. The predicted molar refractivity (Wildman–Crippen MR) is 68.7 cm³/mol. The van der Waals surface area contributed by atoms with Gasteiger partial charge >= 0.3 is 6.18 Å². The number of halogens is 4. The Kier molecular flexibility index (Phi) is 4.15. The van der Waals surface area contributed by atoms with Crippen molar-refractivity contribution in [1.82, 2.24) is 4.98 Å². The normalized spacial score (nSPS) is 11.4. The van der Waals surface area contributed by atoms with E-state index in [4.69, 9.17) is 22.1 Å². The highest BCUT2D eigenvalue weighted by Crippen LogP contribution is 2.33. The highest BCUT2D eigenvalue weighted by Gasteiger charge is 2.31. The van der Waals surface area contributed by atoms with E-state index in [0.717, 1.165) is 23.9 Å². The number of hydrogen-bond acceptors (Lipinski definition) is 3. The molecule has 0 aliphatic carbocycles. The fourth-order valence-electron chi connectivity index (χ4n) is 1.51. The summed E-state index contributed by atoms with van der Waals surface area (Å²) in [5.41, 5.74) is 5.41. The maximum absolute atomic E-state index is 12.6. The summed E-state index contributed by atoms with van der Waals surface area (Å²) in [4.78, 5) is 3.73. The Labute approximate surface area is 118 Å². The van der Waals surface area contributed by atoms with E-state index in [2.05, 4.69) is 4.98 Å². The quantitative estimate of drug-likeness (QED) is 0.932. The monoisotopic (exact) mass is 302 g/mol. The third-order valence-corrected chi connectivity index (χ3v) is 2.80. The fraction of sp³-hybridized carbons (Fsp3) is 0.154. The van der Waals surface area contributed by atoms with Gasteiger partial charge in [-0.25, -0.2) is 4.98 Å². The van der Waals surface area contributed by atoms with Gasteiger partial charge in [-0.15, -0.1) is 0 Å². The SMILES string of the molecule is NCc1ccc(Oc2cc(C(F)(F)F)ccn2)c(Cl)c1. The van der Waals surface area contributed by atoms with Gasteiger partial charge in [-0.1, -0.05) is 17.7 Å². The molecule has 7 heteroatoms. The topological polar surface area (TPSA) is 48.1 Å². The first-order valence-corrected chi connectivity index (χ1v) is 5.97. The number of pyridine rings is 1. The molecule has 2 aromatic rings. The van der Waals surface area contributed by atoms with E-state index < -0.39 is 11.7 Å². The average molecular weight is 303 g/mol. The van der Waals surface area contributed by atoms with Crippen LogP contribution >= 0.6 is 11.6 Å². The lowest BCUT2D eigenvalue weighted by molar-refractivity contribution is -0.137. The van der Waals surface area contributed by atoms with Crippen LogP contribution in [0.2, 0.25) is 5.02 Å². The Morgan fingerprint density at radius 1 is 1.20 bits per heavy atom. The van der Waals surface area contributed by atoms with Gasteiger partial charge in [0.15, 0.2) is 0 Å². The first kappa shape index (κ1) is 14.6. The molecule has 106 valence electrons.